The van der Waals surface area contributed by atoms with Crippen molar-refractivity contribution in [1.29, 1.82) is 0 Å². The second-order valence-electron chi connectivity index (χ2n) is 9.81. The van der Waals surface area contributed by atoms with E-state index >= 15 is 0 Å². The van der Waals surface area contributed by atoms with Crippen molar-refractivity contribution in [3.63, 3.8) is 0 Å². The largest absolute Gasteiger partial charge is 0.449 e. The van der Waals surface area contributed by atoms with Gasteiger partial charge in [0.2, 0.25) is 11.8 Å². The zero-order valence-electron chi connectivity index (χ0n) is 21.9. The average Bonchev–Trinajstić information content (AvgIpc) is 3.24. The van der Waals surface area contributed by atoms with E-state index in [1.807, 2.05) is 62.4 Å². The highest BCUT2D eigenvalue weighted by atomic mass is 16.5. The molecule has 0 aromatic heterocycles. The first-order chi connectivity index (χ1) is 18.3. The Labute approximate surface area is 223 Å². The summed E-state index contributed by atoms with van der Waals surface area (Å²) in [5.41, 5.74) is 11.6. The van der Waals surface area contributed by atoms with E-state index in [0.717, 1.165) is 27.8 Å². The molecule has 3 aromatic rings. The van der Waals surface area contributed by atoms with Crippen LogP contribution in [0.15, 0.2) is 72.8 Å². The molecule has 8 heteroatoms. The molecule has 0 heterocycles. The summed E-state index contributed by atoms with van der Waals surface area (Å²) in [6, 6.07) is 21.6. The maximum atomic E-state index is 13.0. The van der Waals surface area contributed by atoms with Gasteiger partial charge in [-0.3, -0.25) is 9.59 Å². The minimum absolute atomic E-state index is 0.0814. The molecule has 38 heavy (non-hydrogen) atoms. The van der Waals surface area contributed by atoms with Crippen LogP contribution in [0.25, 0.3) is 11.1 Å². The number of nitrogens with two attached hydrogens (primary N) is 1. The predicted molar refractivity (Wildman–Crippen MR) is 147 cm³/mol. The third-order valence-corrected chi connectivity index (χ3v) is 6.78. The van der Waals surface area contributed by atoms with Crippen molar-refractivity contribution in [3.8, 4) is 11.1 Å². The van der Waals surface area contributed by atoms with Gasteiger partial charge in [-0.2, -0.15) is 0 Å². The van der Waals surface area contributed by atoms with E-state index in [-0.39, 0.29) is 24.3 Å². The van der Waals surface area contributed by atoms with Crippen molar-refractivity contribution in [3.05, 3.63) is 89.5 Å². The van der Waals surface area contributed by atoms with Crippen LogP contribution in [0.2, 0.25) is 0 Å². The second kappa shape index (κ2) is 11.9. The Hall–Kier alpha value is -4.17. The quantitative estimate of drug-likeness (QED) is 0.342. The average molecular weight is 515 g/mol. The SMILES string of the molecule is CC(C)[C@H](NC(=O)OCC1c2ccccc2-c2ccccc21)C(=O)N[C@@H](C)C(=O)Nc1ccc(CN)cc1. The van der Waals surface area contributed by atoms with E-state index in [2.05, 4.69) is 28.1 Å². The van der Waals surface area contributed by atoms with Gasteiger partial charge in [0.1, 0.15) is 18.7 Å². The number of hydrogen-bond donors (Lipinski definition) is 4. The second-order valence-corrected chi connectivity index (χ2v) is 9.81. The van der Waals surface area contributed by atoms with Crippen molar-refractivity contribution in [2.45, 2.75) is 45.3 Å². The van der Waals surface area contributed by atoms with Gasteiger partial charge >= 0.3 is 6.09 Å². The molecule has 198 valence electrons. The van der Waals surface area contributed by atoms with Gasteiger partial charge in [0.15, 0.2) is 0 Å². The molecule has 4 rings (SSSR count). The number of hydrogen-bond acceptors (Lipinski definition) is 5. The van der Waals surface area contributed by atoms with Crippen LogP contribution in [0.5, 0.6) is 0 Å². The number of carbonyl (C=O) groups is 3. The van der Waals surface area contributed by atoms with E-state index in [9.17, 15) is 14.4 Å². The van der Waals surface area contributed by atoms with Crippen molar-refractivity contribution in [2.75, 3.05) is 11.9 Å². The Kier molecular flexibility index (Phi) is 8.43. The summed E-state index contributed by atoms with van der Waals surface area (Å²) < 4.78 is 5.60. The molecular weight excluding hydrogens is 480 g/mol. The van der Waals surface area contributed by atoms with Crippen LogP contribution in [0.3, 0.4) is 0 Å². The maximum Gasteiger partial charge on any atom is 0.407 e. The van der Waals surface area contributed by atoms with Crippen LogP contribution in [0.4, 0.5) is 10.5 Å². The van der Waals surface area contributed by atoms with Gasteiger partial charge in [-0.15, -0.1) is 0 Å². The lowest BCUT2D eigenvalue weighted by atomic mass is 9.98. The first-order valence-corrected chi connectivity index (χ1v) is 12.8. The number of ether oxygens (including phenoxy) is 1. The molecule has 0 bridgehead atoms. The molecular formula is C30H34N4O4. The lowest BCUT2D eigenvalue weighted by Gasteiger charge is -2.24. The summed E-state index contributed by atoms with van der Waals surface area (Å²) in [4.78, 5) is 38.3. The van der Waals surface area contributed by atoms with E-state index in [4.69, 9.17) is 10.5 Å². The van der Waals surface area contributed by atoms with Gasteiger partial charge in [-0.05, 0) is 52.8 Å². The summed E-state index contributed by atoms with van der Waals surface area (Å²) in [5, 5.41) is 8.14. The summed E-state index contributed by atoms with van der Waals surface area (Å²) in [7, 11) is 0. The van der Waals surface area contributed by atoms with E-state index < -0.39 is 24.1 Å². The third-order valence-electron chi connectivity index (χ3n) is 6.78. The number of nitrogens with one attached hydrogen (secondary N) is 3. The Morgan fingerprint density at radius 3 is 1.95 bits per heavy atom. The number of rotatable bonds is 9. The van der Waals surface area contributed by atoms with Gasteiger partial charge in [0.25, 0.3) is 0 Å². The monoisotopic (exact) mass is 514 g/mol. The Morgan fingerprint density at radius 1 is 0.816 bits per heavy atom. The first-order valence-electron chi connectivity index (χ1n) is 12.8. The van der Waals surface area contributed by atoms with Gasteiger partial charge in [-0.25, -0.2) is 4.79 Å². The van der Waals surface area contributed by atoms with Crippen LogP contribution in [-0.2, 0) is 20.9 Å². The van der Waals surface area contributed by atoms with Gasteiger partial charge in [0, 0.05) is 18.2 Å². The third kappa shape index (κ3) is 6.03. The molecule has 0 spiro atoms. The smallest absolute Gasteiger partial charge is 0.407 e. The molecule has 2 atom stereocenters. The molecule has 1 aliphatic rings. The van der Waals surface area contributed by atoms with Crippen molar-refractivity contribution in [1.82, 2.24) is 10.6 Å². The molecule has 8 nitrogen and oxygen atoms in total. The summed E-state index contributed by atoms with van der Waals surface area (Å²) in [5.74, 6) is -1.14. The fraction of sp³-hybridized carbons (Fsp3) is 0.300. The zero-order chi connectivity index (χ0) is 27.2. The molecule has 3 amide bonds. The lowest BCUT2D eigenvalue weighted by Crippen LogP contribution is -2.53. The highest BCUT2D eigenvalue weighted by Crippen LogP contribution is 2.44. The lowest BCUT2D eigenvalue weighted by molar-refractivity contribution is -0.128. The molecule has 0 radical (unpaired) electrons. The van der Waals surface area contributed by atoms with Crippen LogP contribution in [0, 0.1) is 5.92 Å². The molecule has 0 saturated heterocycles. The van der Waals surface area contributed by atoms with Crippen molar-refractivity contribution >= 4 is 23.6 Å². The van der Waals surface area contributed by atoms with E-state index in [1.165, 1.54) is 0 Å². The summed E-state index contributed by atoms with van der Waals surface area (Å²) >= 11 is 0. The highest BCUT2D eigenvalue weighted by molar-refractivity contribution is 5.98. The minimum atomic E-state index is -0.871. The molecule has 0 fully saturated rings. The zero-order valence-corrected chi connectivity index (χ0v) is 21.9. The molecule has 5 N–H and O–H groups in total. The molecule has 0 aliphatic heterocycles. The van der Waals surface area contributed by atoms with Crippen LogP contribution >= 0.6 is 0 Å². The summed E-state index contributed by atoms with van der Waals surface area (Å²) in [6.45, 7) is 5.78. The number of carbonyl (C=O) groups excluding carboxylic acids is 3. The van der Waals surface area contributed by atoms with Crippen LogP contribution in [0.1, 0.15) is 43.4 Å². The standard InChI is InChI=1S/C30H34N4O4/c1-18(2)27(29(36)32-19(3)28(35)33-21-14-12-20(16-31)13-15-21)34-30(37)38-17-26-24-10-6-4-8-22(24)23-9-5-7-11-25(23)26/h4-15,18-19,26-27H,16-17,31H2,1-3H3,(H,32,36)(H,33,35)(H,34,37)/t19-,27-/m0/s1. The normalized spacial score (nSPS) is 13.7. The Bertz CT molecular complexity index is 1260. The maximum absolute atomic E-state index is 13.0. The first kappa shape index (κ1) is 26.9. The number of amides is 3. The van der Waals surface area contributed by atoms with Gasteiger partial charge < -0.3 is 26.4 Å². The fourth-order valence-corrected chi connectivity index (χ4v) is 4.65. The van der Waals surface area contributed by atoms with E-state index in [1.54, 1.807) is 19.1 Å². The van der Waals surface area contributed by atoms with Gasteiger partial charge in [-0.1, -0.05) is 74.5 Å². The predicted octanol–water partition coefficient (Wildman–Crippen LogP) is 4.15. The minimum Gasteiger partial charge on any atom is -0.449 e. The fourth-order valence-electron chi connectivity index (χ4n) is 4.65. The number of alkyl carbamates (subject to hydrolysis) is 1. The Balaban J connectivity index is 1.33. The summed E-state index contributed by atoms with van der Waals surface area (Å²) in [6.07, 6.45) is -0.683. The Morgan fingerprint density at radius 2 is 1.39 bits per heavy atom. The number of fused-ring (bicyclic) bond motifs is 3. The van der Waals surface area contributed by atoms with E-state index in [0.29, 0.717) is 12.2 Å². The molecule has 0 unspecified atom stereocenters. The molecule has 1 aliphatic carbocycles. The molecule has 0 saturated carbocycles. The van der Waals surface area contributed by atoms with Crippen molar-refractivity contribution < 1.29 is 19.1 Å². The number of anilines is 1. The highest BCUT2D eigenvalue weighted by Gasteiger charge is 2.31. The van der Waals surface area contributed by atoms with Crippen molar-refractivity contribution in [2.24, 2.45) is 11.7 Å². The van der Waals surface area contributed by atoms with Gasteiger partial charge in [0.05, 0.1) is 0 Å². The number of benzene rings is 3. The van der Waals surface area contributed by atoms with Crippen LogP contribution < -0.4 is 21.7 Å². The van der Waals surface area contributed by atoms with Crippen LogP contribution in [-0.4, -0.2) is 36.6 Å². The molecule has 3 aromatic carbocycles. The topological polar surface area (TPSA) is 123 Å².